The lowest BCUT2D eigenvalue weighted by molar-refractivity contribution is -0.143. The van der Waals surface area contributed by atoms with E-state index in [-0.39, 0.29) is 13.0 Å². The Bertz CT molecular complexity index is 1190. The van der Waals surface area contributed by atoms with E-state index < -0.39 is 47.0 Å². The number of rotatable bonds is 5. The number of imide groups is 1. The monoisotopic (exact) mass is 448 g/mol. The van der Waals surface area contributed by atoms with E-state index >= 15 is 0 Å². The van der Waals surface area contributed by atoms with E-state index in [0.29, 0.717) is 17.0 Å². The first-order valence-corrected chi connectivity index (χ1v) is 10.7. The number of benzene rings is 2. The van der Waals surface area contributed by atoms with Crippen LogP contribution in [0.4, 0.5) is 5.69 Å². The van der Waals surface area contributed by atoms with Crippen molar-refractivity contribution in [1.29, 1.82) is 0 Å². The Hall–Kier alpha value is -3.72. The zero-order chi connectivity index (χ0) is 23.5. The predicted octanol–water partition coefficient (Wildman–Crippen LogP) is 0.800. The van der Waals surface area contributed by atoms with Crippen molar-refractivity contribution in [3.8, 4) is 5.75 Å². The second-order valence-electron chi connectivity index (χ2n) is 8.80. The molecule has 4 amide bonds. The van der Waals surface area contributed by atoms with Gasteiger partial charge in [0.05, 0.1) is 25.5 Å². The van der Waals surface area contributed by atoms with Crippen molar-refractivity contribution in [3.63, 3.8) is 0 Å². The molecule has 4 unspecified atom stereocenters. The summed E-state index contributed by atoms with van der Waals surface area (Å²) in [5.74, 6) is -3.05. The van der Waals surface area contributed by atoms with Crippen molar-refractivity contribution < 1.29 is 23.9 Å². The molecule has 3 aliphatic heterocycles. The molecule has 9 nitrogen and oxygen atoms in total. The number of likely N-dealkylation sites (tertiary alicyclic amines) is 1. The molecule has 0 saturated carbocycles. The van der Waals surface area contributed by atoms with Gasteiger partial charge in [-0.05, 0) is 30.2 Å². The normalized spacial score (nSPS) is 27.6. The molecule has 2 aromatic carbocycles. The quantitative estimate of drug-likeness (QED) is 0.580. The minimum Gasteiger partial charge on any atom is -0.497 e. The Morgan fingerprint density at radius 1 is 1.12 bits per heavy atom. The number of ether oxygens (including phenoxy) is 1. The van der Waals surface area contributed by atoms with Gasteiger partial charge in [0.2, 0.25) is 23.6 Å². The van der Waals surface area contributed by atoms with Gasteiger partial charge in [0.25, 0.3) is 0 Å². The summed E-state index contributed by atoms with van der Waals surface area (Å²) in [6.45, 7) is 1.93. The number of carbonyl (C=O) groups is 4. The van der Waals surface area contributed by atoms with E-state index in [0.717, 1.165) is 11.1 Å². The Morgan fingerprint density at radius 3 is 2.52 bits per heavy atom. The molecule has 0 bridgehead atoms. The maximum atomic E-state index is 13.7. The maximum Gasteiger partial charge on any atom is 0.250 e. The first-order chi connectivity index (χ1) is 15.8. The van der Waals surface area contributed by atoms with E-state index in [4.69, 9.17) is 10.5 Å². The standard InChI is InChI=1S/C24H24N4O5/c1-12-4-3-5-15-20(12)26-23(32)24(15)19-18(16(27-24)10-17(25)29)21(30)28(22(19)31)11-13-6-8-14(33-2)9-7-13/h3-9,16,18-19,27H,10-11H2,1-2H3,(H2,25,29)(H,26,32). The highest BCUT2D eigenvalue weighted by atomic mass is 16.5. The predicted molar refractivity (Wildman–Crippen MR) is 118 cm³/mol. The highest BCUT2D eigenvalue weighted by Crippen LogP contribution is 2.54. The van der Waals surface area contributed by atoms with Gasteiger partial charge in [-0.25, -0.2) is 0 Å². The van der Waals surface area contributed by atoms with Crippen LogP contribution in [-0.2, 0) is 31.3 Å². The van der Waals surface area contributed by atoms with Gasteiger partial charge < -0.3 is 15.8 Å². The molecule has 0 aromatic heterocycles. The van der Waals surface area contributed by atoms with Gasteiger partial charge >= 0.3 is 0 Å². The Morgan fingerprint density at radius 2 is 1.85 bits per heavy atom. The Balaban J connectivity index is 1.58. The fraction of sp³-hybridized carbons (Fsp3) is 0.333. The number of nitrogens with zero attached hydrogens (tertiary/aromatic N) is 1. The van der Waals surface area contributed by atoms with Crippen molar-refractivity contribution >= 4 is 29.3 Å². The van der Waals surface area contributed by atoms with Crippen LogP contribution in [0.5, 0.6) is 5.75 Å². The Kier molecular flexibility index (Phi) is 4.75. The number of methoxy groups -OCH3 is 1. The molecule has 4 atom stereocenters. The van der Waals surface area contributed by atoms with Crippen LogP contribution >= 0.6 is 0 Å². The number of primary amides is 1. The number of hydrogen-bond donors (Lipinski definition) is 3. The minimum atomic E-state index is -1.44. The van der Waals surface area contributed by atoms with Crippen molar-refractivity contribution in [1.82, 2.24) is 10.2 Å². The average Bonchev–Trinajstić information content (AvgIpc) is 3.35. The van der Waals surface area contributed by atoms with Crippen molar-refractivity contribution in [2.45, 2.75) is 31.5 Å². The van der Waals surface area contributed by atoms with Crippen molar-refractivity contribution in [3.05, 3.63) is 59.2 Å². The van der Waals surface area contributed by atoms with Crippen LogP contribution in [0, 0.1) is 18.8 Å². The molecule has 2 aromatic rings. The molecule has 0 aliphatic carbocycles. The zero-order valence-electron chi connectivity index (χ0n) is 18.3. The van der Waals surface area contributed by atoms with Crippen LogP contribution in [0.15, 0.2) is 42.5 Å². The largest absolute Gasteiger partial charge is 0.497 e. The SMILES string of the molecule is COc1ccc(CN2C(=O)C3C(CC(N)=O)NC4(C(=O)Nc5c(C)cccc54)C3C2=O)cc1. The third-order valence-corrected chi connectivity index (χ3v) is 6.97. The van der Waals surface area contributed by atoms with Gasteiger partial charge in [-0.2, -0.15) is 0 Å². The van der Waals surface area contributed by atoms with Crippen LogP contribution in [0.1, 0.15) is 23.1 Å². The molecule has 3 aliphatic rings. The number of fused-ring (bicyclic) bond motifs is 4. The van der Waals surface area contributed by atoms with Gasteiger partial charge in [-0.15, -0.1) is 0 Å². The van der Waals surface area contributed by atoms with Gasteiger partial charge in [0.1, 0.15) is 11.3 Å². The second-order valence-corrected chi connectivity index (χ2v) is 8.80. The van der Waals surface area contributed by atoms with E-state index in [1.807, 2.05) is 19.1 Å². The number of nitrogens with one attached hydrogen (secondary N) is 2. The van der Waals surface area contributed by atoms with Crippen LogP contribution in [0.25, 0.3) is 0 Å². The highest BCUT2D eigenvalue weighted by Gasteiger charge is 2.70. The summed E-state index contributed by atoms with van der Waals surface area (Å²) in [5.41, 5.74) is 6.86. The Labute approximate surface area is 190 Å². The van der Waals surface area contributed by atoms with Crippen LogP contribution in [-0.4, -0.2) is 41.7 Å². The molecule has 2 saturated heterocycles. The lowest BCUT2D eigenvalue weighted by Gasteiger charge is -2.29. The van der Waals surface area contributed by atoms with E-state index in [1.165, 1.54) is 4.90 Å². The summed E-state index contributed by atoms with van der Waals surface area (Å²) in [5, 5.41) is 6.08. The summed E-state index contributed by atoms with van der Waals surface area (Å²) in [6, 6.07) is 11.8. The number of hydrogen-bond acceptors (Lipinski definition) is 6. The summed E-state index contributed by atoms with van der Waals surface area (Å²) < 4.78 is 5.17. The second kappa shape index (κ2) is 7.41. The smallest absolute Gasteiger partial charge is 0.250 e. The van der Waals surface area contributed by atoms with Gasteiger partial charge in [-0.1, -0.05) is 30.3 Å². The fourth-order valence-corrected chi connectivity index (χ4v) is 5.50. The fourth-order valence-electron chi connectivity index (χ4n) is 5.50. The van der Waals surface area contributed by atoms with Crippen molar-refractivity contribution in [2.75, 3.05) is 12.4 Å². The molecule has 9 heteroatoms. The van der Waals surface area contributed by atoms with E-state index in [2.05, 4.69) is 10.6 Å². The first-order valence-electron chi connectivity index (χ1n) is 10.7. The number of amides is 4. The molecule has 5 rings (SSSR count). The van der Waals surface area contributed by atoms with Gasteiger partial charge in [0.15, 0.2) is 0 Å². The van der Waals surface area contributed by atoms with E-state index in [1.54, 1.807) is 37.4 Å². The average molecular weight is 448 g/mol. The van der Waals surface area contributed by atoms with Gasteiger partial charge in [0, 0.05) is 23.7 Å². The summed E-state index contributed by atoms with van der Waals surface area (Å²) in [7, 11) is 1.56. The highest BCUT2D eigenvalue weighted by molar-refractivity contribution is 6.15. The molecule has 3 heterocycles. The van der Waals surface area contributed by atoms with Crippen LogP contribution < -0.4 is 21.1 Å². The van der Waals surface area contributed by atoms with E-state index in [9.17, 15) is 19.2 Å². The minimum absolute atomic E-state index is 0.0658. The van der Waals surface area contributed by atoms with Crippen LogP contribution in [0.2, 0.25) is 0 Å². The molecule has 4 N–H and O–H groups in total. The molecule has 1 spiro atoms. The lowest BCUT2D eigenvalue weighted by Crippen LogP contribution is -2.53. The van der Waals surface area contributed by atoms with Crippen LogP contribution in [0.3, 0.4) is 0 Å². The number of aryl methyl sites for hydroxylation is 1. The summed E-state index contributed by atoms with van der Waals surface area (Å²) in [4.78, 5) is 53.6. The maximum absolute atomic E-state index is 13.7. The lowest BCUT2D eigenvalue weighted by atomic mass is 9.76. The topological polar surface area (TPSA) is 131 Å². The number of nitrogens with two attached hydrogens (primary N) is 1. The van der Waals surface area contributed by atoms with Gasteiger partial charge in [-0.3, -0.25) is 29.4 Å². The summed E-state index contributed by atoms with van der Waals surface area (Å²) >= 11 is 0. The molecule has 2 fully saturated rings. The van der Waals surface area contributed by atoms with Crippen molar-refractivity contribution in [2.24, 2.45) is 17.6 Å². The molecule has 0 radical (unpaired) electrons. The zero-order valence-corrected chi connectivity index (χ0v) is 18.3. The first kappa shape index (κ1) is 21.1. The number of para-hydroxylation sites is 1. The third kappa shape index (κ3) is 2.96. The number of carbonyl (C=O) groups excluding carboxylic acids is 4. The third-order valence-electron chi connectivity index (χ3n) is 6.97. The molecule has 170 valence electrons. The molecule has 33 heavy (non-hydrogen) atoms. The summed E-state index contributed by atoms with van der Waals surface area (Å²) in [6.07, 6.45) is -0.160. The number of anilines is 1. The molecular weight excluding hydrogens is 424 g/mol. The molecular formula is C24H24N4O5.